The van der Waals surface area contributed by atoms with Crippen LogP contribution in [0, 0.1) is 6.92 Å². The van der Waals surface area contributed by atoms with Gasteiger partial charge in [-0.1, -0.05) is 35.9 Å². The summed E-state index contributed by atoms with van der Waals surface area (Å²) in [6, 6.07) is 16.6. The minimum Gasteiger partial charge on any atom is -0.311 e. The number of hydrogen-bond acceptors (Lipinski definition) is 2. The zero-order valence-electron chi connectivity index (χ0n) is 13.1. The molecule has 2 aromatic carbocycles. The average Bonchev–Trinajstić information content (AvgIpc) is 2.55. The molecule has 1 amide bonds. The zero-order chi connectivity index (χ0) is 15.5. The van der Waals surface area contributed by atoms with Crippen molar-refractivity contribution in [3.63, 3.8) is 0 Å². The van der Waals surface area contributed by atoms with Crippen molar-refractivity contribution in [2.45, 2.75) is 36.8 Å². The van der Waals surface area contributed by atoms with Gasteiger partial charge < -0.3 is 4.90 Å². The molecule has 1 aliphatic heterocycles. The van der Waals surface area contributed by atoms with E-state index < -0.39 is 0 Å². The summed E-state index contributed by atoms with van der Waals surface area (Å²) in [4.78, 5) is 15.9. The monoisotopic (exact) mass is 311 g/mol. The molecule has 0 saturated heterocycles. The molecule has 1 atom stereocenters. The van der Waals surface area contributed by atoms with Gasteiger partial charge in [0.25, 0.3) is 0 Å². The number of benzene rings is 2. The topological polar surface area (TPSA) is 20.3 Å². The van der Waals surface area contributed by atoms with E-state index in [0.717, 1.165) is 30.0 Å². The minimum absolute atomic E-state index is 0.0751. The first-order valence-electron chi connectivity index (χ1n) is 7.78. The Morgan fingerprint density at radius 2 is 1.86 bits per heavy atom. The van der Waals surface area contributed by atoms with Crippen molar-refractivity contribution >= 4 is 23.4 Å². The van der Waals surface area contributed by atoms with Gasteiger partial charge in [0.1, 0.15) is 0 Å². The van der Waals surface area contributed by atoms with Gasteiger partial charge in [0.05, 0.1) is 5.25 Å². The number of aryl methyl sites for hydroxylation is 2. The number of carbonyl (C=O) groups excluding carboxylic acids is 1. The second kappa shape index (κ2) is 6.57. The first-order valence-corrected chi connectivity index (χ1v) is 8.66. The predicted molar refractivity (Wildman–Crippen MR) is 93.6 cm³/mol. The molecular formula is C19H21NOS. The van der Waals surface area contributed by atoms with Gasteiger partial charge >= 0.3 is 0 Å². The summed E-state index contributed by atoms with van der Waals surface area (Å²) in [7, 11) is 0. The van der Waals surface area contributed by atoms with Crippen molar-refractivity contribution in [1.29, 1.82) is 0 Å². The number of para-hydroxylation sites is 1. The fourth-order valence-electron chi connectivity index (χ4n) is 2.85. The molecule has 22 heavy (non-hydrogen) atoms. The van der Waals surface area contributed by atoms with Crippen LogP contribution in [0.3, 0.4) is 0 Å². The van der Waals surface area contributed by atoms with Gasteiger partial charge in [0.2, 0.25) is 5.91 Å². The number of fused-ring (bicyclic) bond motifs is 1. The maximum Gasteiger partial charge on any atom is 0.240 e. The van der Waals surface area contributed by atoms with E-state index >= 15 is 0 Å². The Labute approximate surface area is 136 Å². The van der Waals surface area contributed by atoms with Crippen molar-refractivity contribution < 1.29 is 4.79 Å². The van der Waals surface area contributed by atoms with Gasteiger partial charge in [-0.2, -0.15) is 0 Å². The predicted octanol–water partition coefficient (Wildman–Crippen LogP) is 4.46. The molecule has 0 radical (unpaired) electrons. The van der Waals surface area contributed by atoms with Crippen molar-refractivity contribution in [3.05, 3.63) is 59.7 Å². The third-order valence-electron chi connectivity index (χ3n) is 4.06. The molecule has 0 bridgehead atoms. The fraction of sp³-hybridized carbons (Fsp3) is 0.316. The first kappa shape index (κ1) is 15.2. The fourth-order valence-corrected chi connectivity index (χ4v) is 3.78. The molecule has 0 spiro atoms. The van der Waals surface area contributed by atoms with Gasteiger partial charge in [-0.3, -0.25) is 4.79 Å². The highest BCUT2D eigenvalue weighted by molar-refractivity contribution is 8.00. The molecule has 0 aromatic heterocycles. The Kier molecular flexibility index (Phi) is 4.53. The summed E-state index contributed by atoms with van der Waals surface area (Å²) in [6.45, 7) is 4.91. The molecule has 0 aliphatic carbocycles. The average molecular weight is 311 g/mol. The molecule has 3 heteroatoms. The largest absolute Gasteiger partial charge is 0.311 e. The number of nitrogens with zero attached hydrogens (tertiary/aromatic N) is 1. The zero-order valence-corrected chi connectivity index (χ0v) is 13.9. The quantitative estimate of drug-likeness (QED) is 0.780. The van der Waals surface area contributed by atoms with Crippen LogP contribution in [0.15, 0.2) is 53.4 Å². The highest BCUT2D eigenvalue weighted by atomic mass is 32.2. The number of amides is 1. The Bertz CT molecular complexity index is 665. The van der Waals surface area contributed by atoms with E-state index in [2.05, 4.69) is 49.4 Å². The molecule has 0 fully saturated rings. The van der Waals surface area contributed by atoms with Crippen LogP contribution in [0.1, 0.15) is 24.5 Å². The summed E-state index contributed by atoms with van der Waals surface area (Å²) >= 11 is 1.64. The second-order valence-corrected chi connectivity index (χ2v) is 7.21. The number of carbonyl (C=O) groups is 1. The van der Waals surface area contributed by atoms with E-state index in [-0.39, 0.29) is 11.2 Å². The summed E-state index contributed by atoms with van der Waals surface area (Å²) in [5, 5.41) is -0.0751. The van der Waals surface area contributed by atoms with Crippen LogP contribution in [-0.2, 0) is 11.2 Å². The van der Waals surface area contributed by atoms with Gasteiger partial charge in [-0.05, 0) is 50.5 Å². The lowest BCUT2D eigenvalue weighted by Crippen LogP contribution is -2.40. The van der Waals surface area contributed by atoms with Crippen molar-refractivity contribution in [3.8, 4) is 0 Å². The third-order valence-corrected chi connectivity index (χ3v) is 5.16. The van der Waals surface area contributed by atoms with E-state index in [0.29, 0.717) is 0 Å². The summed E-state index contributed by atoms with van der Waals surface area (Å²) < 4.78 is 0. The molecule has 0 N–H and O–H groups in total. The van der Waals surface area contributed by atoms with E-state index in [1.54, 1.807) is 11.8 Å². The minimum atomic E-state index is -0.0751. The van der Waals surface area contributed by atoms with Crippen molar-refractivity contribution in [2.75, 3.05) is 11.4 Å². The number of rotatable bonds is 3. The lowest BCUT2D eigenvalue weighted by Gasteiger charge is -2.31. The lowest BCUT2D eigenvalue weighted by atomic mass is 10.0. The first-order chi connectivity index (χ1) is 10.6. The van der Waals surface area contributed by atoms with Crippen LogP contribution in [0.25, 0.3) is 0 Å². The number of hydrogen-bond donors (Lipinski definition) is 0. The summed E-state index contributed by atoms with van der Waals surface area (Å²) in [5.74, 6) is 0.206. The van der Waals surface area contributed by atoms with E-state index in [9.17, 15) is 4.79 Å². The molecule has 2 aromatic rings. The Balaban J connectivity index is 1.75. The second-order valence-electron chi connectivity index (χ2n) is 5.80. The van der Waals surface area contributed by atoms with Crippen LogP contribution >= 0.6 is 11.8 Å². The third kappa shape index (κ3) is 3.20. The van der Waals surface area contributed by atoms with Crippen LogP contribution in [0.4, 0.5) is 5.69 Å². The molecule has 1 heterocycles. The Morgan fingerprint density at radius 1 is 1.14 bits per heavy atom. The smallest absolute Gasteiger partial charge is 0.240 e. The Morgan fingerprint density at radius 3 is 2.64 bits per heavy atom. The summed E-state index contributed by atoms with van der Waals surface area (Å²) in [6.07, 6.45) is 2.12. The normalized spacial score (nSPS) is 15.3. The summed E-state index contributed by atoms with van der Waals surface area (Å²) in [5.41, 5.74) is 3.62. The molecule has 114 valence electrons. The van der Waals surface area contributed by atoms with Crippen LogP contribution in [-0.4, -0.2) is 17.7 Å². The molecular weight excluding hydrogens is 290 g/mol. The molecule has 0 saturated carbocycles. The van der Waals surface area contributed by atoms with Crippen LogP contribution < -0.4 is 4.90 Å². The van der Waals surface area contributed by atoms with Gasteiger partial charge in [-0.25, -0.2) is 0 Å². The highest BCUT2D eigenvalue weighted by Crippen LogP contribution is 2.31. The number of anilines is 1. The maximum atomic E-state index is 12.8. The van der Waals surface area contributed by atoms with Gasteiger partial charge in [0.15, 0.2) is 0 Å². The van der Waals surface area contributed by atoms with Crippen LogP contribution in [0.5, 0.6) is 0 Å². The molecule has 1 aliphatic rings. The Hall–Kier alpha value is -1.74. The molecule has 0 unspecified atom stereocenters. The van der Waals surface area contributed by atoms with E-state index in [1.165, 1.54) is 11.1 Å². The van der Waals surface area contributed by atoms with Crippen LogP contribution in [0.2, 0.25) is 0 Å². The van der Waals surface area contributed by atoms with Crippen molar-refractivity contribution in [2.24, 2.45) is 0 Å². The maximum absolute atomic E-state index is 12.8. The van der Waals surface area contributed by atoms with Crippen molar-refractivity contribution in [1.82, 2.24) is 0 Å². The SMILES string of the molecule is Cc1ccc(S[C@@H](C)C(=O)N2CCCc3ccccc32)cc1. The number of thioether (sulfide) groups is 1. The van der Waals surface area contributed by atoms with Gasteiger partial charge in [-0.15, -0.1) is 11.8 Å². The molecule has 3 rings (SSSR count). The lowest BCUT2D eigenvalue weighted by molar-refractivity contribution is -0.117. The van der Waals surface area contributed by atoms with E-state index in [1.807, 2.05) is 17.9 Å². The van der Waals surface area contributed by atoms with E-state index in [4.69, 9.17) is 0 Å². The molecule has 2 nitrogen and oxygen atoms in total. The standard InChI is InChI=1S/C19H21NOS/c1-14-9-11-17(12-10-14)22-15(2)19(21)20-13-5-7-16-6-3-4-8-18(16)20/h3-4,6,8-12,15H,5,7,13H2,1-2H3/t15-/m0/s1. The highest BCUT2D eigenvalue weighted by Gasteiger charge is 2.26. The van der Waals surface area contributed by atoms with Gasteiger partial charge in [0, 0.05) is 17.1 Å².